The van der Waals surface area contributed by atoms with E-state index in [1.165, 1.54) is 44.1 Å². The highest BCUT2D eigenvalue weighted by molar-refractivity contribution is 5.91. The molecule has 0 aliphatic heterocycles. The number of carbonyl (C=O) groups is 2. The van der Waals surface area contributed by atoms with Crippen molar-refractivity contribution >= 4 is 11.9 Å². The van der Waals surface area contributed by atoms with Crippen LogP contribution in [0, 0.1) is 17.8 Å². The van der Waals surface area contributed by atoms with Gasteiger partial charge in [0.25, 0.3) is 0 Å². The number of hydrogen-bond acceptors (Lipinski definition) is 4. The second-order valence-corrected chi connectivity index (χ2v) is 10.6. The zero-order valence-corrected chi connectivity index (χ0v) is 22.5. The summed E-state index contributed by atoms with van der Waals surface area (Å²) in [6.07, 6.45) is 13.9. The third kappa shape index (κ3) is 9.11. The Morgan fingerprint density at radius 2 is 1.47 bits per heavy atom. The van der Waals surface area contributed by atoms with Gasteiger partial charge in [0.05, 0.1) is 11.5 Å². The van der Waals surface area contributed by atoms with E-state index in [1.54, 1.807) is 24.3 Å². The van der Waals surface area contributed by atoms with Crippen molar-refractivity contribution in [2.24, 2.45) is 17.8 Å². The van der Waals surface area contributed by atoms with Gasteiger partial charge in [-0.1, -0.05) is 71.4 Å². The second-order valence-electron chi connectivity index (χ2n) is 10.6. The van der Waals surface area contributed by atoms with Crippen LogP contribution >= 0.6 is 0 Å². The Kier molecular flexibility index (Phi) is 11.5. The highest BCUT2D eigenvalue weighted by Crippen LogP contribution is 2.33. The first-order valence-corrected chi connectivity index (χ1v) is 14.1. The van der Waals surface area contributed by atoms with Crippen LogP contribution in [0.5, 0.6) is 11.5 Å². The maximum Gasteiger partial charge on any atom is 0.343 e. The Morgan fingerprint density at radius 1 is 0.833 bits per heavy atom. The summed E-state index contributed by atoms with van der Waals surface area (Å²) < 4.78 is 11.1. The summed E-state index contributed by atoms with van der Waals surface area (Å²) in [5.41, 5.74) is 1.77. The minimum atomic E-state index is -0.387. The highest BCUT2D eigenvalue weighted by Gasteiger charge is 2.27. The Balaban J connectivity index is 1.42. The highest BCUT2D eigenvalue weighted by atomic mass is 16.5. The maximum absolute atomic E-state index is 12.6. The number of aryl methyl sites for hydroxylation is 1. The molecule has 2 aromatic rings. The molecule has 1 atom stereocenters. The van der Waals surface area contributed by atoms with E-state index in [0.717, 1.165) is 50.4 Å². The number of ether oxygens (including phenoxy) is 2. The van der Waals surface area contributed by atoms with Gasteiger partial charge >= 0.3 is 11.9 Å². The molecule has 4 nitrogen and oxygen atoms in total. The standard InChI is InChI=1S/C32H44O4/c1-4-6-7-10-25-12-16-27(17-13-25)31(33)35-29-20-22-30(23-21-29)36-32(34)28-18-14-26(15-19-28)11-8-9-24(3)5-2/h14-15,18-25,27H,4-13,16-17H2,1-3H3/t24-,25-,27-/m0/s1. The van der Waals surface area contributed by atoms with Crippen molar-refractivity contribution in [3.8, 4) is 11.5 Å². The van der Waals surface area contributed by atoms with E-state index in [0.29, 0.717) is 17.1 Å². The van der Waals surface area contributed by atoms with Gasteiger partial charge in [0, 0.05) is 0 Å². The molecule has 0 unspecified atom stereocenters. The molecule has 196 valence electrons. The molecule has 2 aromatic carbocycles. The molecule has 1 aliphatic carbocycles. The van der Waals surface area contributed by atoms with E-state index >= 15 is 0 Å². The van der Waals surface area contributed by atoms with Crippen molar-refractivity contribution in [3.63, 3.8) is 0 Å². The van der Waals surface area contributed by atoms with Crippen molar-refractivity contribution in [3.05, 3.63) is 59.7 Å². The summed E-state index contributed by atoms with van der Waals surface area (Å²) in [5, 5.41) is 0. The molecule has 36 heavy (non-hydrogen) atoms. The lowest BCUT2D eigenvalue weighted by Gasteiger charge is -2.27. The fraction of sp³-hybridized carbons (Fsp3) is 0.562. The lowest BCUT2D eigenvalue weighted by Crippen LogP contribution is -2.25. The Morgan fingerprint density at radius 3 is 2.08 bits per heavy atom. The van der Waals surface area contributed by atoms with Crippen LogP contribution in [0.2, 0.25) is 0 Å². The third-order valence-electron chi connectivity index (χ3n) is 7.70. The Bertz CT molecular complexity index is 924. The summed E-state index contributed by atoms with van der Waals surface area (Å²) in [6.45, 7) is 6.75. The van der Waals surface area contributed by atoms with Crippen LogP contribution in [0.1, 0.15) is 107 Å². The Hall–Kier alpha value is -2.62. The molecule has 0 bridgehead atoms. The lowest BCUT2D eigenvalue weighted by molar-refractivity contribution is -0.140. The predicted molar refractivity (Wildman–Crippen MR) is 145 cm³/mol. The van der Waals surface area contributed by atoms with Crippen LogP contribution in [0.4, 0.5) is 0 Å². The zero-order chi connectivity index (χ0) is 25.8. The van der Waals surface area contributed by atoms with E-state index in [9.17, 15) is 9.59 Å². The van der Waals surface area contributed by atoms with Gasteiger partial charge < -0.3 is 9.47 Å². The molecule has 0 heterocycles. The molecule has 0 aromatic heterocycles. The molecule has 0 spiro atoms. The average Bonchev–Trinajstić information content (AvgIpc) is 2.90. The molecule has 0 N–H and O–H groups in total. The van der Waals surface area contributed by atoms with Gasteiger partial charge in [-0.05, 0) is 92.3 Å². The fourth-order valence-electron chi connectivity index (χ4n) is 4.98. The molecule has 1 fully saturated rings. The first-order chi connectivity index (χ1) is 17.5. The quantitative estimate of drug-likeness (QED) is 0.160. The van der Waals surface area contributed by atoms with Gasteiger partial charge in [-0.25, -0.2) is 4.79 Å². The van der Waals surface area contributed by atoms with Crippen LogP contribution in [0.25, 0.3) is 0 Å². The van der Waals surface area contributed by atoms with Crippen molar-refractivity contribution < 1.29 is 19.1 Å². The van der Waals surface area contributed by atoms with E-state index in [-0.39, 0.29) is 17.9 Å². The minimum Gasteiger partial charge on any atom is -0.426 e. The molecule has 0 radical (unpaired) electrons. The Labute approximate surface area is 217 Å². The number of unbranched alkanes of at least 4 members (excludes halogenated alkanes) is 2. The SMILES string of the molecule is CCCCC[C@H]1CC[C@H](C(=O)Oc2ccc(OC(=O)c3ccc(CCC[C@@H](C)CC)cc3)cc2)CC1. The third-order valence-corrected chi connectivity index (χ3v) is 7.70. The van der Waals surface area contributed by atoms with Crippen LogP contribution in [0.15, 0.2) is 48.5 Å². The van der Waals surface area contributed by atoms with Gasteiger partial charge in [0.1, 0.15) is 11.5 Å². The largest absolute Gasteiger partial charge is 0.426 e. The van der Waals surface area contributed by atoms with E-state index in [1.807, 2.05) is 24.3 Å². The topological polar surface area (TPSA) is 52.6 Å². The van der Waals surface area contributed by atoms with Gasteiger partial charge in [0.2, 0.25) is 0 Å². The molecular formula is C32H44O4. The number of esters is 2. The number of carbonyl (C=O) groups excluding carboxylic acids is 2. The summed E-state index contributed by atoms with van der Waals surface area (Å²) >= 11 is 0. The minimum absolute atomic E-state index is 0.0112. The molecule has 0 amide bonds. The van der Waals surface area contributed by atoms with Crippen molar-refractivity contribution in [2.75, 3.05) is 0 Å². The van der Waals surface area contributed by atoms with Crippen molar-refractivity contribution in [1.29, 1.82) is 0 Å². The van der Waals surface area contributed by atoms with Gasteiger partial charge in [-0.15, -0.1) is 0 Å². The van der Waals surface area contributed by atoms with Crippen LogP contribution < -0.4 is 9.47 Å². The molecule has 0 saturated heterocycles. The summed E-state index contributed by atoms with van der Waals surface area (Å²) in [7, 11) is 0. The number of hydrogen-bond donors (Lipinski definition) is 0. The van der Waals surface area contributed by atoms with Crippen LogP contribution in [0.3, 0.4) is 0 Å². The van der Waals surface area contributed by atoms with Crippen LogP contribution in [-0.2, 0) is 11.2 Å². The first-order valence-electron chi connectivity index (χ1n) is 14.1. The van der Waals surface area contributed by atoms with Gasteiger partial charge in [-0.3, -0.25) is 4.79 Å². The second kappa shape index (κ2) is 14.8. The molecule has 4 heteroatoms. The van der Waals surface area contributed by atoms with E-state index < -0.39 is 0 Å². The molecule has 1 saturated carbocycles. The van der Waals surface area contributed by atoms with Crippen LogP contribution in [-0.4, -0.2) is 11.9 Å². The van der Waals surface area contributed by atoms with E-state index in [4.69, 9.17) is 9.47 Å². The normalized spacial score (nSPS) is 18.4. The molecule has 3 rings (SSSR count). The monoisotopic (exact) mass is 492 g/mol. The number of benzene rings is 2. The lowest BCUT2D eigenvalue weighted by atomic mass is 9.80. The van der Waals surface area contributed by atoms with E-state index in [2.05, 4.69) is 20.8 Å². The van der Waals surface area contributed by atoms with Crippen molar-refractivity contribution in [2.45, 2.75) is 97.8 Å². The zero-order valence-electron chi connectivity index (χ0n) is 22.5. The average molecular weight is 493 g/mol. The summed E-state index contributed by atoms with van der Waals surface area (Å²) in [4.78, 5) is 25.2. The van der Waals surface area contributed by atoms with Gasteiger partial charge in [-0.2, -0.15) is 0 Å². The maximum atomic E-state index is 12.6. The number of rotatable bonds is 13. The predicted octanol–water partition coefficient (Wildman–Crippen LogP) is 8.57. The summed E-state index contributed by atoms with van der Waals surface area (Å²) in [6, 6.07) is 14.4. The molecular weight excluding hydrogens is 448 g/mol. The fourth-order valence-corrected chi connectivity index (χ4v) is 4.98. The molecule has 1 aliphatic rings. The first kappa shape index (κ1) is 28.0. The van der Waals surface area contributed by atoms with Crippen molar-refractivity contribution in [1.82, 2.24) is 0 Å². The summed E-state index contributed by atoms with van der Waals surface area (Å²) in [5.74, 6) is 1.91. The van der Waals surface area contributed by atoms with Gasteiger partial charge in [0.15, 0.2) is 0 Å². The smallest absolute Gasteiger partial charge is 0.343 e.